The summed E-state index contributed by atoms with van der Waals surface area (Å²) in [5, 5.41) is 3.77. The first-order valence-corrected chi connectivity index (χ1v) is 7.31. The monoisotopic (exact) mass is 241 g/mol. The van der Waals surface area contributed by atoms with Crippen molar-refractivity contribution in [3.8, 4) is 0 Å². The van der Waals surface area contributed by atoms with Gasteiger partial charge in [-0.05, 0) is 39.0 Å². The summed E-state index contributed by atoms with van der Waals surface area (Å²) in [5.41, 5.74) is 0. The molecule has 2 aliphatic rings. The molecule has 2 atom stereocenters. The fourth-order valence-corrected chi connectivity index (χ4v) is 2.96. The number of rotatable bonds is 6. The van der Waals surface area contributed by atoms with Gasteiger partial charge in [-0.15, -0.1) is 0 Å². The Balaban J connectivity index is 1.63. The number of nitrogens with one attached hydrogen (secondary N) is 1. The molecule has 0 radical (unpaired) electrons. The maximum absolute atomic E-state index is 5.78. The average molecular weight is 241 g/mol. The summed E-state index contributed by atoms with van der Waals surface area (Å²) < 4.78 is 11.4. The highest BCUT2D eigenvalue weighted by Gasteiger charge is 2.32. The van der Waals surface area contributed by atoms with Crippen LogP contribution in [0.4, 0.5) is 0 Å². The van der Waals surface area contributed by atoms with Gasteiger partial charge >= 0.3 is 0 Å². The third-order valence-corrected chi connectivity index (χ3v) is 3.95. The molecule has 0 aromatic carbocycles. The highest BCUT2D eigenvalue weighted by Crippen LogP contribution is 2.26. The van der Waals surface area contributed by atoms with Crippen molar-refractivity contribution in [3.05, 3.63) is 0 Å². The molecule has 0 aromatic heterocycles. The minimum atomic E-state index is 0.494. The predicted octanol–water partition coefficient (Wildman–Crippen LogP) is 2.49. The topological polar surface area (TPSA) is 30.5 Å². The van der Waals surface area contributed by atoms with Gasteiger partial charge in [0.2, 0.25) is 0 Å². The number of hydrogen-bond acceptors (Lipinski definition) is 3. The lowest BCUT2D eigenvalue weighted by molar-refractivity contribution is -0.0310. The minimum Gasteiger partial charge on any atom is -0.378 e. The van der Waals surface area contributed by atoms with Gasteiger partial charge in [0, 0.05) is 25.3 Å². The Bertz CT molecular complexity index is 214. The minimum absolute atomic E-state index is 0.494. The summed E-state index contributed by atoms with van der Waals surface area (Å²) in [5.74, 6) is 0. The molecule has 0 amide bonds. The fraction of sp³-hybridized carbons (Fsp3) is 1.00. The van der Waals surface area contributed by atoms with Gasteiger partial charge < -0.3 is 14.8 Å². The molecule has 3 heteroatoms. The normalized spacial score (nSPS) is 37.8. The molecule has 1 aliphatic carbocycles. The largest absolute Gasteiger partial charge is 0.378 e. The van der Waals surface area contributed by atoms with Crippen molar-refractivity contribution in [3.63, 3.8) is 0 Å². The van der Waals surface area contributed by atoms with Crippen molar-refractivity contribution in [2.75, 3.05) is 13.2 Å². The van der Waals surface area contributed by atoms with Gasteiger partial charge in [0.15, 0.2) is 0 Å². The average Bonchev–Trinajstić information content (AvgIpc) is 2.27. The lowest BCUT2D eigenvalue weighted by atomic mass is 9.87. The van der Waals surface area contributed by atoms with Crippen LogP contribution in [0.15, 0.2) is 0 Å². The van der Waals surface area contributed by atoms with E-state index < -0.39 is 0 Å². The van der Waals surface area contributed by atoms with Crippen molar-refractivity contribution in [1.29, 1.82) is 0 Å². The third-order valence-electron chi connectivity index (χ3n) is 3.95. The van der Waals surface area contributed by atoms with Crippen LogP contribution in [0.2, 0.25) is 0 Å². The molecular formula is C14H27NO2. The Morgan fingerprint density at radius 1 is 1.18 bits per heavy atom. The van der Waals surface area contributed by atoms with Crippen LogP contribution in [0.5, 0.6) is 0 Å². The summed E-state index contributed by atoms with van der Waals surface area (Å²) in [6.45, 7) is 6.10. The molecule has 100 valence electrons. The first-order valence-electron chi connectivity index (χ1n) is 7.31. The SMILES string of the molecule is CCCC1CC(NC2CC(OCC)C2)CCO1. The van der Waals surface area contributed by atoms with E-state index in [9.17, 15) is 0 Å². The lowest BCUT2D eigenvalue weighted by Gasteiger charge is -2.40. The first-order chi connectivity index (χ1) is 8.31. The van der Waals surface area contributed by atoms with Crippen LogP contribution in [0.25, 0.3) is 0 Å². The van der Waals surface area contributed by atoms with E-state index in [1.807, 2.05) is 0 Å². The molecule has 2 rings (SSSR count). The zero-order chi connectivity index (χ0) is 12.1. The van der Waals surface area contributed by atoms with Gasteiger partial charge in [0.05, 0.1) is 12.2 Å². The molecule has 1 saturated carbocycles. The van der Waals surface area contributed by atoms with E-state index >= 15 is 0 Å². The Labute approximate surface area is 105 Å². The third kappa shape index (κ3) is 3.94. The summed E-state index contributed by atoms with van der Waals surface area (Å²) >= 11 is 0. The van der Waals surface area contributed by atoms with Crippen LogP contribution >= 0.6 is 0 Å². The zero-order valence-corrected chi connectivity index (χ0v) is 11.3. The Hall–Kier alpha value is -0.120. The van der Waals surface area contributed by atoms with Gasteiger partial charge in [-0.25, -0.2) is 0 Å². The molecule has 0 spiro atoms. The van der Waals surface area contributed by atoms with Crippen LogP contribution in [0.3, 0.4) is 0 Å². The lowest BCUT2D eigenvalue weighted by Crippen LogP contribution is -2.51. The Morgan fingerprint density at radius 2 is 2.00 bits per heavy atom. The second-order valence-electron chi connectivity index (χ2n) is 5.42. The van der Waals surface area contributed by atoms with Crippen molar-refractivity contribution >= 4 is 0 Å². The van der Waals surface area contributed by atoms with Gasteiger partial charge in [0.25, 0.3) is 0 Å². The predicted molar refractivity (Wildman–Crippen MR) is 69.2 cm³/mol. The maximum atomic E-state index is 5.78. The summed E-state index contributed by atoms with van der Waals surface area (Å²) in [6, 6.07) is 1.37. The van der Waals surface area contributed by atoms with Crippen LogP contribution in [-0.4, -0.2) is 37.5 Å². The summed E-state index contributed by atoms with van der Waals surface area (Å²) in [4.78, 5) is 0. The van der Waals surface area contributed by atoms with E-state index in [0.717, 1.165) is 13.2 Å². The molecule has 17 heavy (non-hydrogen) atoms. The fourth-order valence-electron chi connectivity index (χ4n) is 2.96. The molecule has 3 nitrogen and oxygen atoms in total. The standard InChI is InChI=1S/C14H27NO2/c1-3-5-13-8-11(6-7-17-13)15-12-9-14(10-12)16-4-2/h11-15H,3-10H2,1-2H3. The van der Waals surface area contributed by atoms with Crippen LogP contribution in [-0.2, 0) is 9.47 Å². The molecule has 1 N–H and O–H groups in total. The van der Waals surface area contributed by atoms with E-state index in [-0.39, 0.29) is 0 Å². The van der Waals surface area contributed by atoms with Gasteiger partial charge in [-0.1, -0.05) is 13.3 Å². The van der Waals surface area contributed by atoms with Crippen molar-refractivity contribution in [2.45, 2.75) is 76.7 Å². The van der Waals surface area contributed by atoms with Gasteiger partial charge in [-0.3, -0.25) is 0 Å². The molecule has 0 aromatic rings. The van der Waals surface area contributed by atoms with E-state index in [4.69, 9.17) is 9.47 Å². The van der Waals surface area contributed by atoms with Gasteiger partial charge in [0.1, 0.15) is 0 Å². The molecule has 1 aliphatic heterocycles. The van der Waals surface area contributed by atoms with E-state index in [0.29, 0.717) is 24.3 Å². The van der Waals surface area contributed by atoms with Crippen LogP contribution < -0.4 is 5.32 Å². The molecule has 2 fully saturated rings. The number of ether oxygens (including phenoxy) is 2. The second-order valence-corrected chi connectivity index (χ2v) is 5.42. The zero-order valence-electron chi connectivity index (χ0n) is 11.3. The highest BCUT2D eigenvalue weighted by atomic mass is 16.5. The highest BCUT2D eigenvalue weighted by molar-refractivity contribution is 4.89. The molecule has 0 bridgehead atoms. The van der Waals surface area contributed by atoms with Crippen LogP contribution in [0, 0.1) is 0 Å². The summed E-state index contributed by atoms with van der Waals surface area (Å²) in [6.07, 6.45) is 8.22. The first kappa shape index (κ1) is 13.3. The molecule has 2 unspecified atom stereocenters. The summed E-state index contributed by atoms with van der Waals surface area (Å²) in [7, 11) is 0. The van der Waals surface area contributed by atoms with E-state index in [1.54, 1.807) is 0 Å². The van der Waals surface area contributed by atoms with Crippen molar-refractivity contribution in [2.24, 2.45) is 0 Å². The molecular weight excluding hydrogens is 214 g/mol. The number of hydrogen-bond donors (Lipinski definition) is 1. The van der Waals surface area contributed by atoms with Gasteiger partial charge in [-0.2, -0.15) is 0 Å². The molecule has 1 heterocycles. The van der Waals surface area contributed by atoms with E-state index in [1.165, 1.54) is 38.5 Å². The van der Waals surface area contributed by atoms with Crippen molar-refractivity contribution in [1.82, 2.24) is 5.32 Å². The smallest absolute Gasteiger partial charge is 0.0604 e. The van der Waals surface area contributed by atoms with Crippen LogP contribution in [0.1, 0.15) is 52.4 Å². The van der Waals surface area contributed by atoms with Crippen molar-refractivity contribution < 1.29 is 9.47 Å². The quantitative estimate of drug-likeness (QED) is 0.775. The second kappa shape index (κ2) is 6.72. The Morgan fingerprint density at radius 3 is 2.71 bits per heavy atom. The molecule has 1 saturated heterocycles. The Kier molecular flexibility index (Phi) is 5.26. The van der Waals surface area contributed by atoms with E-state index in [2.05, 4.69) is 19.2 Å². The maximum Gasteiger partial charge on any atom is 0.0604 e.